The van der Waals surface area contributed by atoms with Crippen molar-refractivity contribution in [3.05, 3.63) is 6.29 Å². The van der Waals surface area contributed by atoms with Crippen LogP contribution in [0.1, 0.15) is 61.3 Å². The van der Waals surface area contributed by atoms with Gasteiger partial charge in [-0.1, -0.05) is 13.3 Å². The molecule has 0 saturated heterocycles. The smallest absolute Gasteiger partial charge is 0.224 e. The standard InChI is InChI=1S/C12H25O2/c1-8-9-10(13-11(2,3)4)14-12(5,6)7/h8-9H2,1-7H3. The molecule has 0 saturated carbocycles. The van der Waals surface area contributed by atoms with Crippen molar-refractivity contribution in [2.45, 2.75) is 72.5 Å². The molecular formula is C12H25O2. The minimum Gasteiger partial charge on any atom is -0.340 e. The SMILES string of the molecule is CCC[C](OC(C)(C)C)OC(C)(C)C. The predicted octanol–water partition coefficient (Wildman–Crippen LogP) is 3.91. The summed E-state index contributed by atoms with van der Waals surface area (Å²) >= 11 is 0. The average Bonchev–Trinajstić information content (AvgIpc) is 1.78. The molecule has 14 heavy (non-hydrogen) atoms. The van der Waals surface area contributed by atoms with Crippen molar-refractivity contribution >= 4 is 0 Å². The lowest BCUT2D eigenvalue weighted by Gasteiger charge is -2.31. The van der Waals surface area contributed by atoms with E-state index in [0.29, 0.717) is 0 Å². The minimum absolute atomic E-state index is 0.171. The van der Waals surface area contributed by atoms with E-state index in [0.717, 1.165) is 19.1 Å². The van der Waals surface area contributed by atoms with Crippen LogP contribution in [0.4, 0.5) is 0 Å². The van der Waals surface area contributed by atoms with Gasteiger partial charge in [0.1, 0.15) is 0 Å². The maximum atomic E-state index is 5.75. The summed E-state index contributed by atoms with van der Waals surface area (Å²) < 4.78 is 11.5. The number of ether oxygens (including phenoxy) is 2. The Morgan fingerprint density at radius 1 is 0.857 bits per heavy atom. The first-order chi connectivity index (χ1) is 6.14. The molecule has 2 heteroatoms. The predicted molar refractivity (Wildman–Crippen MR) is 59.8 cm³/mol. The molecule has 85 valence electrons. The molecule has 0 atom stereocenters. The normalized spacial score (nSPS) is 13.7. The van der Waals surface area contributed by atoms with Crippen molar-refractivity contribution < 1.29 is 9.47 Å². The Labute approximate surface area is 89.0 Å². The number of hydrogen-bond donors (Lipinski definition) is 0. The fraction of sp³-hybridized carbons (Fsp3) is 0.917. The van der Waals surface area contributed by atoms with E-state index in [-0.39, 0.29) is 11.2 Å². The monoisotopic (exact) mass is 201 g/mol. The highest BCUT2D eigenvalue weighted by Crippen LogP contribution is 2.26. The quantitative estimate of drug-likeness (QED) is 0.686. The molecule has 0 amide bonds. The molecule has 0 rings (SSSR count). The summed E-state index contributed by atoms with van der Waals surface area (Å²) in [7, 11) is 0. The van der Waals surface area contributed by atoms with Gasteiger partial charge in [-0.25, -0.2) is 0 Å². The molecule has 0 aliphatic carbocycles. The van der Waals surface area contributed by atoms with E-state index in [1.807, 2.05) is 41.5 Å². The highest BCUT2D eigenvalue weighted by molar-refractivity contribution is 4.76. The first-order valence-corrected chi connectivity index (χ1v) is 5.38. The number of rotatable bonds is 4. The lowest BCUT2D eigenvalue weighted by atomic mass is 10.1. The Morgan fingerprint density at radius 2 is 1.21 bits per heavy atom. The van der Waals surface area contributed by atoms with Crippen molar-refractivity contribution in [1.29, 1.82) is 0 Å². The van der Waals surface area contributed by atoms with Gasteiger partial charge in [-0.3, -0.25) is 0 Å². The molecule has 1 radical (unpaired) electrons. The van der Waals surface area contributed by atoms with E-state index in [1.165, 1.54) is 0 Å². The molecule has 0 aromatic carbocycles. The van der Waals surface area contributed by atoms with Gasteiger partial charge in [-0.2, -0.15) is 0 Å². The van der Waals surface area contributed by atoms with Crippen molar-refractivity contribution in [2.24, 2.45) is 0 Å². The second-order valence-corrected chi connectivity index (χ2v) is 5.55. The Kier molecular flexibility index (Phi) is 5.10. The number of hydrogen-bond acceptors (Lipinski definition) is 2. The third kappa shape index (κ3) is 8.52. The van der Waals surface area contributed by atoms with Crippen molar-refractivity contribution in [1.82, 2.24) is 0 Å². The molecule has 2 nitrogen and oxygen atoms in total. The van der Waals surface area contributed by atoms with E-state index in [9.17, 15) is 0 Å². The van der Waals surface area contributed by atoms with E-state index in [2.05, 4.69) is 6.92 Å². The van der Waals surface area contributed by atoms with Crippen molar-refractivity contribution in [3.8, 4) is 0 Å². The summed E-state index contributed by atoms with van der Waals surface area (Å²) in [6.45, 7) is 14.3. The highest BCUT2D eigenvalue weighted by Gasteiger charge is 2.25. The summed E-state index contributed by atoms with van der Waals surface area (Å²) in [5.41, 5.74) is -0.342. The van der Waals surface area contributed by atoms with Crippen molar-refractivity contribution in [3.63, 3.8) is 0 Å². The molecule has 0 unspecified atom stereocenters. The van der Waals surface area contributed by atoms with E-state index >= 15 is 0 Å². The Bertz CT molecular complexity index is 135. The van der Waals surface area contributed by atoms with Gasteiger partial charge >= 0.3 is 0 Å². The van der Waals surface area contributed by atoms with Crippen LogP contribution in [-0.4, -0.2) is 11.2 Å². The Balaban J connectivity index is 4.16. The van der Waals surface area contributed by atoms with Crippen LogP contribution in [0.3, 0.4) is 0 Å². The van der Waals surface area contributed by atoms with E-state index in [1.54, 1.807) is 0 Å². The minimum atomic E-state index is -0.171. The van der Waals surface area contributed by atoms with Crippen molar-refractivity contribution in [2.75, 3.05) is 0 Å². The van der Waals surface area contributed by atoms with Crippen LogP contribution in [0.15, 0.2) is 0 Å². The highest BCUT2D eigenvalue weighted by atomic mass is 16.7. The topological polar surface area (TPSA) is 18.5 Å². The summed E-state index contributed by atoms with van der Waals surface area (Å²) in [5, 5.41) is 0. The van der Waals surface area contributed by atoms with Gasteiger partial charge in [-0.15, -0.1) is 0 Å². The lowest BCUT2D eigenvalue weighted by molar-refractivity contribution is -0.158. The molecule has 0 fully saturated rings. The molecule has 0 aliphatic heterocycles. The molecular weight excluding hydrogens is 176 g/mol. The first-order valence-electron chi connectivity index (χ1n) is 5.38. The van der Waals surface area contributed by atoms with Gasteiger partial charge in [0.15, 0.2) is 0 Å². The van der Waals surface area contributed by atoms with Crippen LogP contribution >= 0.6 is 0 Å². The maximum Gasteiger partial charge on any atom is 0.224 e. The van der Waals surface area contributed by atoms with Gasteiger partial charge in [0.05, 0.1) is 11.2 Å². The average molecular weight is 201 g/mol. The third-order valence-corrected chi connectivity index (χ3v) is 1.29. The molecule has 0 aromatic rings. The lowest BCUT2D eigenvalue weighted by Crippen LogP contribution is -2.30. The molecule has 0 N–H and O–H groups in total. The van der Waals surface area contributed by atoms with Crippen LogP contribution in [0.2, 0.25) is 0 Å². The van der Waals surface area contributed by atoms with Crippen LogP contribution in [-0.2, 0) is 9.47 Å². The Hall–Kier alpha value is -0.0800. The maximum absolute atomic E-state index is 5.75. The third-order valence-electron chi connectivity index (χ3n) is 1.29. The first kappa shape index (κ1) is 13.9. The van der Waals surface area contributed by atoms with Crippen LogP contribution in [0, 0.1) is 6.29 Å². The second-order valence-electron chi connectivity index (χ2n) is 5.55. The summed E-state index contributed by atoms with van der Waals surface area (Å²) in [4.78, 5) is 0. The zero-order valence-corrected chi connectivity index (χ0v) is 10.7. The van der Waals surface area contributed by atoms with Gasteiger partial charge in [0, 0.05) is 6.42 Å². The molecule has 0 heterocycles. The van der Waals surface area contributed by atoms with Gasteiger partial charge in [0.2, 0.25) is 6.29 Å². The van der Waals surface area contributed by atoms with E-state index in [4.69, 9.17) is 9.47 Å². The Morgan fingerprint density at radius 3 is 1.43 bits per heavy atom. The molecule has 0 aliphatic rings. The summed E-state index contributed by atoms with van der Waals surface area (Å²) in [6.07, 6.45) is 2.67. The fourth-order valence-corrected chi connectivity index (χ4v) is 1.01. The molecule has 0 bridgehead atoms. The van der Waals surface area contributed by atoms with Crippen LogP contribution in [0.25, 0.3) is 0 Å². The fourth-order valence-electron chi connectivity index (χ4n) is 1.01. The molecule has 0 aromatic heterocycles. The van der Waals surface area contributed by atoms with Crippen LogP contribution in [0.5, 0.6) is 0 Å². The van der Waals surface area contributed by atoms with Gasteiger partial charge < -0.3 is 9.47 Å². The summed E-state index contributed by atoms with van der Waals surface area (Å²) in [5.74, 6) is 0. The zero-order chi connectivity index (χ0) is 11.4. The van der Waals surface area contributed by atoms with E-state index < -0.39 is 0 Å². The zero-order valence-electron chi connectivity index (χ0n) is 10.7. The summed E-state index contributed by atoms with van der Waals surface area (Å²) in [6, 6.07) is 0. The second kappa shape index (κ2) is 5.13. The van der Waals surface area contributed by atoms with Crippen LogP contribution < -0.4 is 0 Å². The largest absolute Gasteiger partial charge is 0.340 e. The molecule has 0 spiro atoms. The van der Waals surface area contributed by atoms with Gasteiger partial charge in [0.25, 0.3) is 0 Å². The van der Waals surface area contributed by atoms with Gasteiger partial charge in [-0.05, 0) is 41.5 Å².